The molecule has 0 bridgehead atoms. The minimum atomic E-state index is -2.89. The zero-order valence-corrected chi connectivity index (χ0v) is 14.4. The van der Waals surface area contributed by atoms with Crippen molar-refractivity contribution in [1.82, 2.24) is 9.97 Å². The van der Waals surface area contributed by atoms with Crippen LogP contribution in [0.5, 0.6) is 0 Å². The van der Waals surface area contributed by atoms with Crippen molar-refractivity contribution in [3.63, 3.8) is 0 Å². The number of anilines is 2. The van der Waals surface area contributed by atoms with Crippen LogP contribution in [0.1, 0.15) is 33.6 Å². The highest BCUT2D eigenvalue weighted by molar-refractivity contribution is 7.91. The highest BCUT2D eigenvalue weighted by atomic mass is 32.2. The predicted octanol–water partition coefficient (Wildman–Crippen LogP) is 1.95. The molecule has 2 rings (SSSR count). The molecule has 1 unspecified atom stereocenters. The number of hydrogen-bond donors (Lipinski definition) is 1. The van der Waals surface area contributed by atoms with E-state index in [2.05, 4.69) is 34.0 Å². The third kappa shape index (κ3) is 4.56. The molecule has 0 saturated carbocycles. The summed E-state index contributed by atoms with van der Waals surface area (Å²) in [5.41, 5.74) is 0. The summed E-state index contributed by atoms with van der Waals surface area (Å²) in [4.78, 5) is 10.9. The molecule has 0 spiro atoms. The first-order valence-corrected chi connectivity index (χ1v) is 9.77. The molecule has 1 fully saturated rings. The van der Waals surface area contributed by atoms with Crippen LogP contribution in [0.25, 0.3) is 0 Å². The van der Waals surface area contributed by atoms with E-state index in [0.29, 0.717) is 18.3 Å². The van der Waals surface area contributed by atoms with Crippen LogP contribution < -0.4 is 10.2 Å². The van der Waals surface area contributed by atoms with Gasteiger partial charge in [-0.2, -0.15) is 4.98 Å². The molecule has 22 heavy (non-hydrogen) atoms. The van der Waals surface area contributed by atoms with E-state index in [9.17, 15) is 8.42 Å². The molecule has 124 valence electrons. The van der Waals surface area contributed by atoms with Crippen LogP contribution in [0.4, 0.5) is 11.8 Å². The highest BCUT2D eigenvalue weighted by Gasteiger charge is 2.32. The van der Waals surface area contributed by atoms with Gasteiger partial charge in [0.2, 0.25) is 5.95 Å². The SMILES string of the molecule is CCN(c1ccnc(NCCC(C)C)n1)C1CCS(=O)(=O)C1. The van der Waals surface area contributed by atoms with Crippen molar-refractivity contribution in [3.05, 3.63) is 12.3 Å². The number of sulfone groups is 1. The van der Waals surface area contributed by atoms with Crippen LogP contribution in [-0.4, -0.2) is 49.0 Å². The Morgan fingerprint density at radius 1 is 1.45 bits per heavy atom. The molecule has 1 aliphatic rings. The van der Waals surface area contributed by atoms with Crippen molar-refractivity contribution in [2.45, 2.75) is 39.7 Å². The van der Waals surface area contributed by atoms with Gasteiger partial charge in [0, 0.05) is 25.3 Å². The van der Waals surface area contributed by atoms with Crippen LogP contribution in [0.3, 0.4) is 0 Å². The lowest BCUT2D eigenvalue weighted by molar-refractivity contribution is 0.599. The van der Waals surface area contributed by atoms with Crippen molar-refractivity contribution >= 4 is 21.6 Å². The van der Waals surface area contributed by atoms with Gasteiger partial charge >= 0.3 is 0 Å². The van der Waals surface area contributed by atoms with E-state index in [1.165, 1.54) is 0 Å². The van der Waals surface area contributed by atoms with E-state index < -0.39 is 9.84 Å². The van der Waals surface area contributed by atoms with E-state index in [0.717, 1.165) is 25.3 Å². The Bertz CT molecular complexity index is 589. The van der Waals surface area contributed by atoms with E-state index >= 15 is 0 Å². The quantitative estimate of drug-likeness (QED) is 0.825. The fraction of sp³-hybridized carbons (Fsp3) is 0.733. The minimum absolute atomic E-state index is 0.0217. The summed E-state index contributed by atoms with van der Waals surface area (Å²) < 4.78 is 23.4. The lowest BCUT2D eigenvalue weighted by Gasteiger charge is -2.28. The summed E-state index contributed by atoms with van der Waals surface area (Å²) >= 11 is 0. The Hall–Kier alpha value is -1.37. The second-order valence-corrected chi connectivity index (χ2v) is 8.42. The summed E-state index contributed by atoms with van der Waals surface area (Å²) in [6.07, 6.45) is 3.47. The molecule has 1 aromatic heterocycles. The van der Waals surface area contributed by atoms with Gasteiger partial charge in [0.1, 0.15) is 5.82 Å². The molecule has 0 radical (unpaired) electrons. The van der Waals surface area contributed by atoms with Gasteiger partial charge in [0.15, 0.2) is 9.84 Å². The van der Waals surface area contributed by atoms with Gasteiger partial charge in [-0.25, -0.2) is 13.4 Å². The Kier molecular flexibility index (Phi) is 5.61. The van der Waals surface area contributed by atoms with Crippen molar-refractivity contribution in [3.8, 4) is 0 Å². The van der Waals surface area contributed by atoms with Gasteiger partial charge < -0.3 is 10.2 Å². The van der Waals surface area contributed by atoms with Crippen LogP contribution in [0.2, 0.25) is 0 Å². The first-order valence-electron chi connectivity index (χ1n) is 7.95. The summed E-state index contributed by atoms with van der Waals surface area (Å²) in [6, 6.07) is 1.87. The van der Waals surface area contributed by atoms with E-state index in [-0.39, 0.29) is 17.5 Å². The van der Waals surface area contributed by atoms with E-state index in [1.54, 1.807) is 6.20 Å². The largest absolute Gasteiger partial charge is 0.354 e. The Morgan fingerprint density at radius 2 is 2.23 bits per heavy atom. The fourth-order valence-electron chi connectivity index (χ4n) is 2.70. The Morgan fingerprint density at radius 3 is 2.82 bits per heavy atom. The number of nitrogens with zero attached hydrogens (tertiary/aromatic N) is 3. The number of aromatic nitrogens is 2. The average molecular weight is 326 g/mol. The van der Waals surface area contributed by atoms with Crippen LogP contribution in [0, 0.1) is 5.92 Å². The molecule has 1 aromatic rings. The number of rotatable bonds is 7. The van der Waals surface area contributed by atoms with Gasteiger partial charge in [-0.1, -0.05) is 13.8 Å². The summed E-state index contributed by atoms with van der Waals surface area (Å²) in [5.74, 6) is 2.54. The van der Waals surface area contributed by atoms with E-state index in [1.807, 2.05) is 13.0 Å². The summed E-state index contributed by atoms with van der Waals surface area (Å²) in [5, 5.41) is 3.24. The maximum atomic E-state index is 11.7. The average Bonchev–Trinajstić information content (AvgIpc) is 2.80. The first kappa shape index (κ1) is 17.0. The molecular formula is C15H26N4O2S. The molecular weight excluding hydrogens is 300 g/mol. The van der Waals surface area contributed by atoms with Gasteiger partial charge in [-0.15, -0.1) is 0 Å². The van der Waals surface area contributed by atoms with Gasteiger partial charge in [0.05, 0.1) is 11.5 Å². The molecule has 1 N–H and O–H groups in total. The molecule has 2 heterocycles. The van der Waals surface area contributed by atoms with Crippen molar-refractivity contribution in [2.75, 3.05) is 34.8 Å². The normalized spacial score (nSPS) is 20.3. The van der Waals surface area contributed by atoms with Gasteiger partial charge in [-0.05, 0) is 31.7 Å². The maximum absolute atomic E-state index is 11.7. The monoisotopic (exact) mass is 326 g/mol. The summed E-state index contributed by atoms with van der Waals surface area (Å²) in [6.45, 7) is 7.96. The van der Waals surface area contributed by atoms with E-state index in [4.69, 9.17) is 0 Å². The summed E-state index contributed by atoms with van der Waals surface area (Å²) in [7, 11) is -2.89. The van der Waals surface area contributed by atoms with Crippen molar-refractivity contribution in [1.29, 1.82) is 0 Å². The Balaban J connectivity index is 2.06. The molecule has 1 saturated heterocycles. The van der Waals surface area contributed by atoms with Crippen molar-refractivity contribution < 1.29 is 8.42 Å². The predicted molar refractivity (Wildman–Crippen MR) is 90.1 cm³/mol. The molecule has 1 atom stereocenters. The van der Waals surface area contributed by atoms with Crippen LogP contribution in [-0.2, 0) is 9.84 Å². The second-order valence-electron chi connectivity index (χ2n) is 6.19. The first-order chi connectivity index (χ1) is 10.4. The minimum Gasteiger partial charge on any atom is -0.354 e. The standard InChI is InChI=1S/C15H26N4O2S/c1-4-19(13-7-10-22(20,21)11-13)14-6-9-17-15(18-14)16-8-5-12(2)3/h6,9,12-13H,4-5,7-8,10-11H2,1-3H3,(H,16,17,18). The topological polar surface area (TPSA) is 75.2 Å². The van der Waals surface area contributed by atoms with Crippen molar-refractivity contribution in [2.24, 2.45) is 5.92 Å². The molecule has 6 nitrogen and oxygen atoms in total. The van der Waals surface area contributed by atoms with Crippen LogP contribution in [0.15, 0.2) is 12.3 Å². The fourth-order valence-corrected chi connectivity index (χ4v) is 4.43. The molecule has 0 aliphatic carbocycles. The number of nitrogens with one attached hydrogen (secondary N) is 1. The molecule has 0 amide bonds. The van der Waals surface area contributed by atoms with Gasteiger partial charge in [-0.3, -0.25) is 0 Å². The van der Waals surface area contributed by atoms with Crippen LogP contribution >= 0.6 is 0 Å². The Labute approximate surface area is 133 Å². The second kappa shape index (κ2) is 7.26. The lowest BCUT2D eigenvalue weighted by atomic mass is 10.1. The van der Waals surface area contributed by atoms with Gasteiger partial charge in [0.25, 0.3) is 0 Å². The molecule has 7 heteroatoms. The third-order valence-electron chi connectivity index (χ3n) is 3.93. The smallest absolute Gasteiger partial charge is 0.224 e. The number of hydrogen-bond acceptors (Lipinski definition) is 6. The zero-order valence-electron chi connectivity index (χ0n) is 13.6. The lowest BCUT2D eigenvalue weighted by Crippen LogP contribution is -2.36. The highest BCUT2D eigenvalue weighted by Crippen LogP contribution is 2.23. The third-order valence-corrected chi connectivity index (χ3v) is 5.68. The maximum Gasteiger partial charge on any atom is 0.224 e. The zero-order chi connectivity index (χ0) is 16.2. The molecule has 0 aromatic carbocycles. The molecule has 1 aliphatic heterocycles.